The van der Waals surface area contributed by atoms with Crippen LogP contribution in [0.5, 0.6) is 0 Å². The third-order valence-electron chi connectivity index (χ3n) is 2.52. The number of fused-ring (bicyclic) bond motifs is 1. The smallest absolute Gasteiger partial charge is 0.126 e. The van der Waals surface area contributed by atoms with Crippen molar-refractivity contribution in [1.29, 1.82) is 0 Å². The van der Waals surface area contributed by atoms with Crippen LogP contribution in [0.15, 0.2) is 12.1 Å². The standard InChI is InChI=1S/C10H13FN2/c1-7-3-8-5-13(12-2)6-9(8)4-10(7)11/h3-4,12H,5-6H2,1-2H3. The van der Waals surface area contributed by atoms with E-state index in [0.29, 0.717) is 0 Å². The first kappa shape index (κ1) is 8.66. The Morgan fingerprint density at radius 2 is 1.92 bits per heavy atom. The molecule has 0 bridgehead atoms. The third-order valence-corrected chi connectivity index (χ3v) is 2.52. The molecule has 0 spiro atoms. The van der Waals surface area contributed by atoms with Crippen molar-refractivity contribution in [3.8, 4) is 0 Å². The lowest BCUT2D eigenvalue weighted by molar-refractivity contribution is 0.212. The summed E-state index contributed by atoms with van der Waals surface area (Å²) in [6.45, 7) is 3.47. The molecule has 1 aromatic rings. The Morgan fingerprint density at radius 3 is 2.54 bits per heavy atom. The number of hydrogen-bond donors (Lipinski definition) is 1. The summed E-state index contributed by atoms with van der Waals surface area (Å²) in [6, 6.07) is 3.57. The number of hydrazine groups is 1. The lowest BCUT2D eigenvalue weighted by Crippen LogP contribution is -2.29. The van der Waals surface area contributed by atoms with E-state index in [4.69, 9.17) is 0 Å². The van der Waals surface area contributed by atoms with Gasteiger partial charge in [-0.25, -0.2) is 9.40 Å². The summed E-state index contributed by atoms with van der Waals surface area (Å²) < 4.78 is 13.2. The Bertz CT molecular complexity index is 305. The molecule has 0 aliphatic carbocycles. The summed E-state index contributed by atoms with van der Waals surface area (Å²) in [5.74, 6) is -0.100. The largest absolute Gasteiger partial charge is 0.258 e. The molecule has 0 fully saturated rings. The fraction of sp³-hybridized carbons (Fsp3) is 0.400. The number of nitrogens with one attached hydrogen (secondary N) is 1. The van der Waals surface area contributed by atoms with Crippen molar-refractivity contribution < 1.29 is 4.39 Å². The fourth-order valence-electron chi connectivity index (χ4n) is 1.70. The second-order valence-electron chi connectivity index (χ2n) is 3.45. The minimum atomic E-state index is -0.100. The molecule has 70 valence electrons. The van der Waals surface area contributed by atoms with Crippen molar-refractivity contribution in [3.05, 3.63) is 34.6 Å². The van der Waals surface area contributed by atoms with E-state index in [-0.39, 0.29) is 5.82 Å². The average molecular weight is 180 g/mol. The molecule has 1 N–H and O–H groups in total. The van der Waals surface area contributed by atoms with Crippen LogP contribution in [0.2, 0.25) is 0 Å². The van der Waals surface area contributed by atoms with Gasteiger partial charge in [0.25, 0.3) is 0 Å². The zero-order valence-electron chi connectivity index (χ0n) is 7.89. The number of benzene rings is 1. The number of hydrogen-bond acceptors (Lipinski definition) is 2. The van der Waals surface area contributed by atoms with Gasteiger partial charge >= 0.3 is 0 Å². The lowest BCUT2D eigenvalue weighted by Gasteiger charge is -2.11. The van der Waals surface area contributed by atoms with Crippen LogP contribution < -0.4 is 5.43 Å². The van der Waals surface area contributed by atoms with Gasteiger partial charge in [-0.1, -0.05) is 6.07 Å². The first-order valence-corrected chi connectivity index (χ1v) is 4.41. The van der Waals surface area contributed by atoms with Crippen LogP contribution >= 0.6 is 0 Å². The zero-order chi connectivity index (χ0) is 9.42. The fourth-order valence-corrected chi connectivity index (χ4v) is 1.70. The van der Waals surface area contributed by atoms with Crippen LogP contribution in [0.4, 0.5) is 4.39 Å². The molecular formula is C10H13FN2. The summed E-state index contributed by atoms with van der Waals surface area (Å²) >= 11 is 0. The Kier molecular flexibility index (Phi) is 2.06. The third kappa shape index (κ3) is 1.45. The molecular weight excluding hydrogens is 167 g/mol. The van der Waals surface area contributed by atoms with Gasteiger partial charge in [0.15, 0.2) is 0 Å². The quantitative estimate of drug-likeness (QED) is 0.706. The highest BCUT2D eigenvalue weighted by Gasteiger charge is 2.18. The molecule has 1 aliphatic heterocycles. The molecule has 0 unspecified atom stereocenters. The van der Waals surface area contributed by atoms with Gasteiger partial charge in [-0.05, 0) is 36.7 Å². The van der Waals surface area contributed by atoms with Crippen LogP contribution in [0.1, 0.15) is 16.7 Å². The van der Waals surface area contributed by atoms with E-state index in [1.165, 1.54) is 5.56 Å². The van der Waals surface area contributed by atoms with E-state index in [2.05, 4.69) is 10.4 Å². The van der Waals surface area contributed by atoms with E-state index in [1.807, 2.05) is 13.1 Å². The molecule has 0 atom stereocenters. The highest BCUT2D eigenvalue weighted by molar-refractivity contribution is 5.34. The van der Waals surface area contributed by atoms with Crippen molar-refractivity contribution in [2.75, 3.05) is 7.05 Å². The van der Waals surface area contributed by atoms with Gasteiger partial charge in [0, 0.05) is 13.1 Å². The van der Waals surface area contributed by atoms with Gasteiger partial charge in [-0.15, -0.1) is 0 Å². The van der Waals surface area contributed by atoms with Gasteiger partial charge in [0.2, 0.25) is 0 Å². The van der Waals surface area contributed by atoms with Crippen LogP contribution in [0, 0.1) is 12.7 Å². The molecule has 1 aromatic carbocycles. The Balaban J connectivity index is 2.36. The topological polar surface area (TPSA) is 15.3 Å². The zero-order valence-corrected chi connectivity index (χ0v) is 7.89. The van der Waals surface area contributed by atoms with Crippen molar-refractivity contribution in [3.63, 3.8) is 0 Å². The van der Waals surface area contributed by atoms with E-state index in [9.17, 15) is 4.39 Å². The van der Waals surface area contributed by atoms with Gasteiger partial charge in [0.1, 0.15) is 5.82 Å². The van der Waals surface area contributed by atoms with Crippen LogP contribution in [-0.2, 0) is 13.1 Å². The molecule has 0 aromatic heterocycles. The molecule has 0 saturated heterocycles. The van der Waals surface area contributed by atoms with Crippen molar-refractivity contribution in [1.82, 2.24) is 10.4 Å². The Hall–Kier alpha value is -0.930. The second-order valence-corrected chi connectivity index (χ2v) is 3.45. The van der Waals surface area contributed by atoms with Crippen LogP contribution in [0.3, 0.4) is 0 Å². The van der Waals surface area contributed by atoms with Crippen molar-refractivity contribution in [2.24, 2.45) is 0 Å². The molecule has 0 amide bonds. The van der Waals surface area contributed by atoms with Gasteiger partial charge in [-0.3, -0.25) is 5.43 Å². The summed E-state index contributed by atoms with van der Waals surface area (Å²) in [7, 11) is 1.88. The molecule has 3 heteroatoms. The van der Waals surface area contributed by atoms with Crippen LogP contribution in [-0.4, -0.2) is 12.1 Å². The van der Waals surface area contributed by atoms with E-state index < -0.39 is 0 Å². The highest BCUT2D eigenvalue weighted by atomic mass is 19.1. The van der Waals surface area contributed by atoms with E-state index in [1.54, 1.807) is 13.0 Å². The van der Waals surface area contributed by atoms with Gasteiger partial charge in [0.05, 0.1) is 0 Å². The first-order chi connectivity index (χ1) is 6.20. The molecule has 1 heterocycles. The Labute approximate surface area is 77.3 Å². The average Bonchev–Trinajstić information content (AvgIpc) is 2.48. The number of halogens is 1. The normalized spacial score (nSPS) is 16.2. The summed E-state index contributed by atoms with van der Waals surface area (Å²) in [5.41, 5.74) is 6.12. The highest BCUT2D eigenvalue weighted by Crippen LogP contribution is 2.23. The summed E-state index contributed by atoms with van der Waals surface area (Å²) in [4.78, 5) is 0. The predicted molar refractivity (Wildman–Crippen MR) is 49.4 cm³/mol. The molecule has 1 aliphatic rings. The summed E-state index contributed by atoms with van der Waals surface area (Å²) in [6.07, 6.45) is 0. The summed E-state index contributed by atoms with van der Waals surface area (Å²) in [5, 5.41) is 2.06. The van der Waals surface area contributed by atoms with Crippen molar-refractivity contribution >= 4 is 0 Å². The maximum absolute atomic E-state index is 13.2. The van der Waals surface area contributed by atoms with Gasteiger partial charge in [-0.2, -0.15) is 0 Å². The monoisotopic (exact) mass is 180 g/mol. The molecule has 2 nitrogen and oxygen atoms in total. The van der Waals surface area contributed by atoms with Crippen LogP contribution in [0.25, 0.3) is 0 Å². The maximum atomic E-state index is 13.2. The number of aryl methyl sites for hydroxylation is 1. The minimum Gasteiger partial charge on any atom is -0.258 e. The molecule has 0 radical (unpaired) electrons. The maximum Gasteiger partial charge on any atom is 0.126 e. The second kappa shape index (κ2) is 3.09. The first-order valence-electron chi connectivity index (χ1n) is 4.41. The van der Waals surface area contributed by atoms with Crippen molar-refractivity contribution in [2.45, 2.75) is 20.0 Å². The minimum absolute atomic E-state index is 0.100. The Morgan fingerprint density at radius 1 is 1.31 bits per heavy atom. The van der Waals surface area contributed by atoms with E-state index >= 15 is 0 Å². The molecule has 13 heavy (non-hydrogen) atoms. The predicted octanol–water partition coefficient (Wildman–Crippen LogP) is 1.58. The van der Waals surface area contributed by atoms with Gasteiger partial charge < -0.3 is 0 Å². The molecule has 2 rings (SSSR count). The van der Waals surface area contributed by atoms with E-state index in [0.717, 1.165) is 24.2 Å². The molecule has 0 saturated carbocycles. The number of rotatable bonds is 1. The number of nitrogens with zero attached hydrogens (tertiary/aromatic N) is 1. The lowest BCUT2D eigenvalue weighted by atomic mass is 10.1. The SMILES string of the molecule is CNN1Cc2cc(C)c(F)cc2C1.